The van der Waals surface area contributed by atoms with Crippen LogP contribution in [0.1, 0.15) is 36.5 Å². The third-order valence-electron chi connectivity index (χ3n) is 4.02. The first-order chi connectivity index (χ1) is 8.74. The molecule has 0 saturated heterocycles. The summed E-state index contributed by atoms with van der Waals surface area (Å²) < 4.78 is 27.9. The molecule has 1 aromatic rings. The molecule has 1 atom stereocenters. The van der Waals surface area contributed by atoms with Gasteiger partial charge < -0.3 is 5.73 Å². The number of hydrogen-bond acceptors (Lipinski definition) is 3. The van der Waals surface area contributed by atoms with Crippen molar-refractivity contribution in [2.75, 3.05) is 5.73 Å². The molecule has 0 aromatic heterocycles. The van der Waals surface area contributed by atoms with Crippen LogP contribution in [-0.2, 0) is 10.0 Å². The van der Waals surface area contributed by atoms with Crippen LogP contribution in [0.5, 0.6) is 0 Å². The monoisotopic (exact) mass is 282 g/mol. The van der Waals surface area contributed by atoms with E-state index in [1.54, 1.807) is 6.92 Å². The lowest BCUT2D eigenvalue weighted by atomic mass is 10.1. The molecule has 0 heterocycles. The number of nitrogens with two attached hydrogens (primary N) is 1. The summed E-state index contributed by atoms with van der Waals surface area (Å²) in [6, 6.07) is 1.82. The summed E-state index contributed by atoms with van der Waals surface area (Å²) in [5.74, 6) is 0.484. The lowest BCUT2D eigenvalue weighted by molar-refractivity contribution is 0.537. The molecule has 0 amide bonds. The lowest BCUT2D eigenvalue weighted by Crippen LogP contribution is -2.35. The molecule has 1 aliphatic rings. The van der Waals surface area contributed by atoms with Gasteiger partial charge in [-0.2, -0.15) is 0 Å². The largest absolute Gasteiger partial charge is 0.398 e. The summed E-state index contributed by atoms with van der Waals surface area (Å²) in [4.78, 5) is 0.345. The van der Waals surface area contributed by atoms with Crippen LogP contribution in [-0.4, -0.2) is 14.5 Å². The fourth-order valence-corrected chi connectivity index (χ4v) is 4.33. The summed E-state index contributed by atoms with van der Waals surface area (Å²) in [7, 11) is -3.50. The topological polar surface area (TPSA) is 72.2 Å². The van der Waals surface area contributed by atoms with Gasteiger partial charge in [0.2, 0.25) is 10.0 Å². The zero-order chi connectivity index (χ0) is 14.4. The molecule has 1 aliphatic carbocycles. The fraction of sp³-hybridized carbons (Fsp3) is 0.571. The molecule has 1 fully saturated rings. The van der Waals surface area contributed by atoms with E-state index in [9.17, 15) is 8.42 Å². The van der Waals surface area contributed by atoms with Crippen LogP contribution in [0.25, 0.3) is 0 Å². The second-order valence-electron chi connectivity index (χ2n) is 5.61. The van der Waals surface area contributed by atoms with E-state index >= 15 is 0 Å². The molecule has 0 radical (unpaired) electrons. The maximum absolute atomic E-state index is 12.6. The summed E-state index contributed by atoms with van der Waals surface area (Å²) in [5, 5.41) is 0. The van der Waals surface area contributed by atoms with Crippen LogP contribution >= 0.6 is 0 Å². The minimum absolute atomic E-state index is 0.00876. The standard InChI is InChI=1S/C14H22N2O2S/c1-8-7-13(15)10(3)14(9(8)2)19(17,18)16-11(4)12-5-6-12/h7,11-12,16H,5-6,15H2,1-4H3. The Morgan fingerprint density at radius 1 is 1.26 bits per heavy atom. The van der Waals surface area contributed by atoms with E-state index in [0.29, 0.717) is 22.1 Å². The van der Waals surface area contributed by atoms with Gasteiger partial charge in [0, 0.05) is 11.7 Å². The number of rotatable bonds is 4. The molecule has 0 aliphatic heterocycles. The Kier molecular flexibility index (Phi) is 3.62. The smallest absolute Gasteiger partial charge is 0.241 e. The zero-order valence-electron chi connectivity index (χ0n) is 11.9. The fourth-order valence-electron chi connectivity index (χ4n) is 2.44. The van der Waals surface area contributed by atoms with Crippen molar-refractivity contribution < 1.29 is 8.42 Å². The highest BCUT2D eigenvalue weighted by molar-refractivity contribution is 7.89. The van der Waals surface area contributed by atoms with Gasteiger partial charge in [-0.3, -0.25) is 0 Å². The van der Waals surface area contributed by atoms with Gasteiger partial charge in [-0.15, -0.1) is 0 Å². The molecule has 2 rings (SSSR count). The lowest BCUT2D eigenvalue weighted by Gasteiger charge is -2.18. The summed E-state index contributed by atoms with van der Waals surface area (Å²) in [6.45, 7) is 7.41. The highest BCUT2D eigenvalue weighted by Gasteiger charge is 2.32. The summed E-state index contributed by atoms with van der Waals surface area (Å²) in [6.07, 6.45) is 2.22. The number of aryl methyl sites for hydroxylation is 1. The van der Waals surface area contributed by atoms with E-state index in [-0.39, 0.29) is 6.04 Å². The molecule has 1 unspecified atom stereocenters. The molecular formula is C14H22N2O2S. The van der Waals surface area contributed by atoms with Gasteiger partial charge in [0.05, 0.1) is 4.90 Å². The van der Waals surface area contributed by atoms with Gasteiger partial charge in [0.15, 0.2) is 0 Å². The van der Waals surface area contributed by atoms with Crippen molar-refractivity contribution in [3.8, 4) is 0 Å². The maximum Gasteiger partial charge on any atom is 0.241 e. The molecule has 0 bridgehead atoms. The van der Waals surface area contributed by atoms with Crippen molar-refractivity contribution in [3.05, 3.63) is 22.8 Å². The van der Waals surface area contributed by atoms with Crippen LogP contribution < -0.4 is 10.5 Å². The van der Waals surface area contributed by atoms with E-state index in [1.807, 2.05) is 26.8 Å². The van der Waals surface area contributed by atoms with E-state index in [4.69, 9.17) is 5.73 Å². The predicted molar refractivity (Wildman–Crippen MR) is 77.6 cm³/mol. The van der Waals surface area contributed by atoms with E-state index in [0.717, 1.165) is 24.0 Å². The molecule has 5 heteroatoms. The average molecular weight is 282 g/mol. The summed E-state index contributed by atoms with van der Waals surface area (Å²) >= 11 is 0. The van der Waals surface area contributed by atoms with Crippen LogP contribution in [0.3, 0.4) is 0 Å². The van der Waals surface area contributed by atoms with Crippen molar-refractivity contribution in [3.63, 3.8) is 0 Å². The van der Waals surface area contributed by atoms with Crippen molar-refractivity contribution >= 4 is 15.7 Å². The Balaban J connectivity index is 2.44. The molecule has 4 nitrogen and oxygen atoms in total. The van der Waals surface area contributed by atoms with Crippen molar-refractivity contribution in [2.24, 2.45) is 5.92 Å². The number of anilines is 1. The Hall–Kier alpha value is -1.07. The third kappa shape index (κ3) is 2.77. The first-order valence-electron chi connectivity index (χ1n) is 6.62. The van der Waals surface area contributed by atoms with Gasteiger partial charge in [-0.25, -0.2) is 13.1 Å². The van der Waals surface area contributed by atoms with Crippen LogP contribution in [0.4, 0.5) is 5.69 Å². The quantitative estimate of drug-likeness (QED) is 0.832. The number of hydrogen-bond donors (Lipinski definition) is 2. The first kappa shape index (κ1) is 14.3. The number of nitrogens with one attached hydrogen (secondary N) is 1. The van der Waals surface area contributed by atoms with Gasteiger partial charge in [-0.05, 0) is 69.2 Å². The minimum atomic E-state index is -3.50. The van der Waals surface area contributed by atoms with Gasteiger partial charge in [0.25, 0.3) is 0 Å². The van der Waals surface area contributed by atoms with Gasteiger partial charge >= 0.3 is 0 Å². The molecule has 1 aromatic carbocycles. The molecular weight excluding hydrogens is 260 g/mol. The van der Waals surface area contributed by atoms with Gasteiger partial charge in [-0.1, -0.05) is 0 Å². The van der Waals surface area contributed by atoms with E-state index in [2.05, 4.69) is 4.72 Å². The zero-order valence-corrected chi connectivity index (χ0v) is 12.8. The van der Waals surface area contributed by atoms with Crippen molar-refractivity contribution in [2.45, 2.75) is 51.5 Å². The Labute approximate surface area is 115 Å². The SMILES string of the molecule is Cc1cc(N)c(C)c(S(=O)(=O)NC(C)C2CC2)c1C. The highest BCUT2D eigenvalue weighted by atomic mass is 32.2. The molecule has 1 saturated carbocycles. The number of nitrogen functional groups attached to an aromatic ring is 1. The Morgan fingerprint density at radius 3 is 2.37 bits per heavy atom. The Bertz CT molecular complexity index is 578. The second kappa shape index (κ2) is 4.80. The van der Waals surface area contributed by atoms with Crippen LogP contribution in [0.15, 0.2) is 11.0 Å². The molecule has 3 N–H and O–H groups in total. The maximum atomic E-state index is 12.6. The average Bonchev–Trinajstić information content (AvgIpc) is 3.09. The van der Waals surface area contributed by atoms with Crippen LogP contribution in [0.2, 0.25) is 0 Å². The molecule has 0 spiro atoms. The highest BCUT2D eigenvalue weighted by Crippen LogP contribution is 2.34. The van der Waals surface area contributed by atoms with Crippen molar-refractivity contribution in [1.29, 1.82) is 0 Å². The first-order valence-corrected chi connectivity index (χ1v) is 8.11. The number of sulfonamides is 1. The molecule has 19 heavy (non-hydrogen) atoms. The van der Waals surface area contributed by atoms with Gasteiger partial charge in [0.1, 0.15) is 0 Å². The van der Waals surface area contributed by atoms with Crippen molar-refractivity contribution in [1.82, 2.24) is 4.72 Å². The normalized spacial score (nSPS) is 17.5. The second-order valence-corrected chi connectivity index (χ2v) is 7.26. The van der Waals surface area contributed by atoms with E-state index < -0.39 is 10.0 Å². The predicted octanol–water partition coefficient (Wildman–Crippen LogP) is 2.27. The summed E-state index contributed by atoms with van der Waals surface area (Å²) in [5.41, 5.74) is 8.75. The third-order valence-corrected chi connectivity index (χ3v) is 5.85. The van der Waals surface area contributed by atoms with E-state index in [1.165, 1.54) is 0 Å². The van der Waals surface area contributed by atoms with Crippen LogP contribution in [0, 0.1) is 26.7 Å². The minimum Gasteiger partial charge on any atom is -0.398 e. The molecule has 106 valence electrons. The Morgan fingerprint density at radius 2 is 1.84 bits per heavy atom. The number of benzene rings is 1.